The van der Waals surface area contributed by atoms with Gasteiger partial charge >= 0.3 is 0 Å². The lowest BCUT2D eigenvalue weighted by molar-refractivity contribution is 0.639. The number of thiophene rings is 1. The standard InChI is InChI=1S/C12H15N3S/c1-2-11(16-5-1)12-10(8-14-15-12)7-13-6-9-3-4-9/h1-2,5,8-9,13H,3-4,6-7H2,(H,14,15). The average molecular weight is 233 g/mol. The molecule has 2 aromatic rings. The van der Waals surface area contributed by atoms with E-state index in [1.54, 1.807) is 11.3 Å². The summed E-state index contributed by atoms with van der Waals surface area (Å²) in [5.41, 5.74) is 2.43. The van der Waals surface area contributed by atoms with Gasteiger partial charge in [-0.1, -0.05) is 6.07 Å². The molecule has 0 spiro atoms. The molecule has 0 unspecified atom stereocenters. The van der Waals surface area contributed by atoms with Crippen molar-refractivity contribution in [3.63, 3.8) is 0 Å². The molecule has 0 aromatic carbocycles. The van der Waals surface area contributed by atoms with Crippen molar-refractivity contribution in [2.45, 2.75) is 19.4 Å². The third-order valence-electron chi connectivity index (χ3n) is 2.93. The minimum absolute atomic E-state index is 0.917. The predicted octanol–water partition coefficient (Wildman–Crippen LogP) is 2.64. The second-order valence-electron chi connectivity index (χ2n) is 4.32. The van der Waals surface area contributed by atoms with Crippen molar-refractivity contribution in [2.75, 3.05) is 6.54 Å². The highest BCUT2D eigenvalue weighted by Gasteiger charge is 2.20. The molecule has 2 N–H and O–H groups in total. The summed E-state index contributed by atoms with van der Waals surface area (Å²) in [6.07, 6.45) is 4.72. The van der Waals surface area contributed by atoms with Crippen LogP contribution in [0.3, 0.4) is 0 Å². The maximum atomic E-state index is 4.13. The van der Waals surface area contributed by atoms with Crippen LogP contribution in [0.1, 0.15) is 18.4 Å². The van der Waals surface area contributed by atoms with E-state index in [0.29, 0.717) is 0 Å². The van der Waals surface area contributed by atoms with Crippen molar-refractivity contribution >= 4 is 11.3 Å². The molecule has 0 atom stereocenters. The molecule has 0 bridgehead atoms. The SMILES string of the molecule is c1csc(-c2[nH]ncc2CNCC2CC2)c1. The molecule has 16 heavy (non-hydrogen) atoms. The first kappa shape index (κ1) is 10.1. The largest absolute Gasteiger partial charge is 0.312 e. The van der Waals surface area contributed by atoms with Crippen LogP contribution >= 0.6 is 11.3 Å². The smallest absolute Gasteiger partial charge is 0.0794 e. The topological polar surface area (TPSA) is 40.7 Å². The van der Waals surface area contributed by atoms with E-state index in [4.69, 9.17) is 0 Å². The maximum absolute atomic E-state index is 4.13. The lowest BCUT2D eigenvalue weighted by Gasteiger charge is -2.03. The van der Waals surface area contributed by atoms with Crippen molar-refractivity contribution in [1.82, 2.24) is 15.5 Å². The zero-order valence-electron chi connectivity index (χ0n) is 9.07. The zero-order valence-corrected chi connectivity index (χ0v) is 9.89. The molecule has 1 aliphatic rings. The van der Waals surface area contributed by atoms with Gasteiger partial charge in [-0.3, -0.25) is 5.10 Å². The van der Waals surface area contributed by atoms with Gasteiger partial charge in [0.2, 0.25) is 0 Å². The van der Waals surface area contributed by atoms with Gasteiger partial charge in [0, 0.05) is 12.1 Å². The van der Waals surface area contributed by atoms with Crippen LogP contribution in [-0.2, 0) is 6.54 Å². The normalized spacial score (nSPS) is 15.5. The molecule has 84 valence electrons. The van der Waals surface area contributed by atoms with E-state index in [2.05, 4.69) is 33.0 Å². The Morgan fingerprint density at radius 3 is 3.19 bits per heavy atom. The fourth-order valence-electron chi connectivity index (χ4n) is 1.81. The summed E-state index contributed by atoms with van der Waals surface area (Å²) in [4.78, 5) is 1.26. The van der Waals surface area contributed by atoms with Crippen molar-refractivity contribution in [1.29, 1.82) is 0 Å². The van der Waals surface area contributed by atoms with Gasteiger partial charge in [-0.15, -0.1) is 11.3 Å². The Hall–Kier alpha value is -1.13. The van der Waals surface area contributed by atoms with E-state index >= 15 is 0 Å². The first-order chi connectivity index (χ1) is 7.93. The van der Waals surface area contributed by atoms with Crippen molar-refractivity contribution in [2.24, 2.45) is 5.92 Å². The number of rotatable bonds is 5. The molecule has 0 amide bonds. The van der Waals surface area contributed by atoms with Crippen LogP contribution in [0.4, 0.5) is 0 Å². The van der Waals surface area contributed by atoms with Crippen LogP contribution in [0.2, 0.25) is 0 Å². The molecule has 4 heteroatoms. The van der Waals surface area contributed by atoms with Gasteiger partial charge in [0.15, 0.2) is 0 Å². The Labute approximate surface area is 98.9 Å². The molecule has 1 aliphatic carbocycles. The van der Waals surface area contributed by atoms with Crippen molar-refractivity contribution in [3.8, 4) is 10.6 Å². The van der Waals surface area contributed by atoms with Crippen LogP contribution < -0.4 is 5.32 Å². The third-order valence-corrected chi connectivity index (χ3v) is 3.82. The number of H-pyrrole nitrogens is 1. The van der Waals surface area contributed by atoms with E-state index < -0.39 is 0 Å². The Balaban J connectivity index is 1.67. The van der Waals surface area contributed by atoms with Gasteiger partial charge in [-0.05, 0) is 36.8 Å². The number of hydrogen-bond acceptors (Lipinski definition) is 3. The van der Waals surface area contributed by atoms with Crippen molar-refractivity contribution < 1.29 is 0 Å². The second-order valence-corrected chi connectivity index (χ2v) is 5.27. The molecule has 1 fully saturated rings. The number of aromatic amines is 1. The van der Waals surface area contributed by atoms with Crippen LogP contribution in [0.5, 0.6) is 0 Å². The molecule has 1 saturated carbocycles. The molecular formula is C12H15N3S. The quantitative estimate of drug-likeness (QED) is 0.833. The number of nitrogens with zero attached hydrogens (tertiary/aromatic N) is 1. The van der Waals surface area contributed by atoms with Gasteiger partial charge < -0.3 is 5.32 Å². The highest BCUT2D eigenvalue weighted by atomic mass is 32.1. The first-order valence-electron chi connectivity index (χ1n) is 5.70. The van der Waals surface area contributed by atoms with E-state index in [1.165, 1.54) is 29.0 Å². The Morgan fingerprint density at radius 2 is 2.44 bits per heavy atom. The molecule has 2 heterocycles. The van der Waals surface area contributed by atoms with E-state index in [1.807, 2.05) is 6.20 Å². The number of hydrogen-bond donors (Lipinski definition) is 2. The summed E-state index contributed by atoms with van der Waals surface area (Å²) in [5.74, 6) is 0.928. The predicted molar refractivity (Wildman–Crippen MR) is 66.3 cm³/mol. The lowest BCUT2D eigenvalue weighted by Crippen LogP contribution is -2.16. The van der Waals surface area contributed by atoms with Crippen LogP contribution in [0.15, 0.2) is 23.7 Å². The maximum Gasteiger partial charge on any atom is 0.0794 e. The second kappa shape index (κ2) is 4.39. The van der Waals surface area contributed by atoms with Crippen LogP contribution in [0, 0.1) is 5.92 Å². The fraction of sp³-hybridized carbons (Fsp3) is 0.417. The molecule has 3 nitrogen and oxygen atoms in total. The molecule has 0 aliphatic heterocycles. The van der Waals surface area contributed by atoms with Crippen LogP contribution in [-0.4, -0.2) is 16.7 Å². The molecular weight excluding hydrogens is 218 g/mol. The summed E-state index contributed by atoms with van der Waals surface area (Å²) < 4.78 is 0. The Morgan fingerprint density at radius 1 is 1.50 bits per heavy atom. The minimum atomic E-state index is 0.917. The Kier molecular flexibility index (Phi) is 2.76. The summed E-state index contributed by atoms with van der Waals surface area (Å²) in [6, 6.07) is 4.20. The summed E-state index contributed by atoms with van der Waals surface area (Å²) in [6.45, 7) is 2.06. The molecule has 2 aromatic heterocycles. The lowest BCUT2D eigenvalue weighted by atomic mass is 10.2. The highest BCUT2D eigenvalue weighted by molar-refractivity contribution is 7.13. The average Bonchev–Trinajstić information content (AvgIpc) is 2.82. The third kappa shape index (κ3) is 2.18. The molecule has 0 saturated heterocycles. The van der Waals surface area contributed by atoms with Gasteiger partial charge in [0.25, 0.3) is 0 Å². The van der Waals surface area contributed by atoms with E-state index in [-0.39, 0.29) is 0 Å². The summed E-state index contributed by atoms with van der Waals surface area (Å²) >= 11 is 1.75. The zero-order chi connectivity index (χ0) is 10.8. The molecule has 0 radical (unpaired) electrons. The van der Waals surface area contributed by atoms with Gasteiger partial charge in [-0.2, -0.15) is 5.10 Å². The Bertz CT molecular complexity index is 443. The van der Waals surface area contributed by atoms with Crippen molar-refractivity contribution in [3.05, 3.63) is 29.3 Å². The number of aromatic nitrogens is 2. The highest BCUT2D eigenvalue weighted by Crippen LogP contribution is 2.28. The first-order valence-corrected chi connectivity index (χ1v) is 6.58. The fourth-order valence-corrected chi connectivity index (χ4v) is 2.57. The minimum Gasteiger partial charge on any atom is -0.312 e. The van der Waals surface area contributed by atoms with E-state index in [9.17, 15) is 0 Å². The number of nitrogens with one attached hydrogen (secondary N) is 2. The van der Waals surface area contributed by atoms with E-state index in [0.717, 1.165) is 19.0 Å². The summed E-state index contributed by atoms with van der Waals surface area (Å²) in [5, 5.41) is 12.8. The van der Waals surface area contributed by atoms with Gasteiger partial charge in [0.05, 0.1) is 16.8 Å². The van der Waals surface area contributed by atoms with Gasteiger partial charge in [0.1, 0.15) is 0 Å². The summed E-state index contributed by atoms with van der Waals surface area (Å²) in [7, 11) is 0. The van der Waals surface area contributed by atoms with Gasteiger partial charge in [-0.25, -0.2) is 0 Å². The monoisotopic (exact) mass is 233 g/mol. The van der Waals surface area contributed by atoms with Crippen LogP contribution in [0.25, 0.3) is 10.6 Å². The molecule has 3 rings (SSSR count).